The SMILES string of the molecule is CCS(=O)(=O)CCCC(CBr)Cc1cccc(Cl)c1. The van der Waals surface area contributed by atoms with E-state index in [9.17, 15) is 8.42 Å². The van der Waals surface area contributed by atoms with Gasteiger partial charge in [-0.2, -0.15) is 0 Å². The molecule has 1 aromatic rings. The van der Waals surface area contributed by atoms with Crippen LogP contribution in [-0.2, 0) is 16.3 Å². The Morgan fingerprint density at radius 2 is 2.11 bits per heavy atom. The van der Waals surface area contributed by atoms with E-state index in [1.54, 1.807) is 6.92 Å². The molecular formula is C14H20BrClO2S. The number of benzene rings is 1. The van der Waals surface area contributed by atoms with Gasteiger partial charge in [-0.15, -0.1) is 0 Å². The van der Waals surface area contributed by atoms with Gasteiger partial charge in [0.05, 0.1) is 5.75 Å². The highest BCUT2D eigenvalue weighted by Crippen LogP contribution is 2.19. The summed E-state index contributed by atoms with van der Waals surface area (Å²) in [5, 5.41) is 1.63. The molecule has 0 amide bonds. The van der Waals surface area contributed by atoms with Crippen molar-refractivity contribution in [2.75, 3.05) is 16.8 Å². The van der Waals surface area contributed by atoms with Gasteiger partial charge < -0.3 is 0 Å². The molecule has 0 spiro atoms. The standard InChI is InChI=1S/C14H20BrClO2S/c1-2-19(17,18)8-4-6-13(11-15)9-12-5-3-7-14(16)10-12/h3,5,7,10,13H,2,4,6,8-9,11H2,1H3. The number of halogens is 2. The summed E-state index contributed by atoms with van der Waals surface area (Å²) in [5.74, 6) is 0.980. The van der Waals surface area contributed by atoms with Gasteiger partial charge in [0.25, 0.3) is 0 Å². The van der Waals surface area contributed by atoms with Crippen LogP contribution >= 0.6 is 27.5 Å². The van der Waals surface area contributed by atoms with Crippen molar-refractivity contribution in [3.63, 3.8) is 0 Å². The van der Waals surface area contributed by atoms with Crippen LogP contribution < -0.4 is 0 Å². The zero-order valence-electron chi connectivity index (χ0n) is 11.1. The zero-order valence-corrected chi connectivity index (χ0v) is 14.3. The Labute approximate surface area is 129 Å². The van der Waals surface area contributed by atoms with E-state index in [2.05, 4.69) is 22.0 Å². The van der Waals surface area contributed by atoms with E-state index < -0.39 is 9.84 Å². The molecule has 0 aromatic heterocycles. The van der Waals surface area contributed by atoms with E-state index in [4.69, 9.17) is 11.6 Å². The molecule has 5 heteroatoms. The molecule has 1 aromatic carbocycles. The molecule has 0 aliphatic heterocycles. The molecule has 19 heavy (non-hydrogen) atoms. The van der Waals surface area contributed by atoms with Gasteiger partial charge in [-0.05, 0) is 42.9 Å². The third-order valence-corrected chi connectivity index (χ3v) is 6.08. The van der Waals surface area contributed by atoms with Gasteiger partial charge in [0.15, 0.2) is 0 Å². The van der Waals surface area contributed by atoms with Crippen molar-refractivity contribution in [3.05, 3.63) is 34.9 Å². The molecule has 0 aliphatic carbocycles. The van der Waals surface area contributed by atoms with E-state index in [1.165, 1.54) is 5.56 Å². The summed E-state index contributed by atoms with van der Waals surface area (Å²) in [6.45, 7) is 1.70. The highest BCUT2D eigenvalue weighted by Gasteiger charge is 2.12. The number of sulfone groups is 1. The minimum atomic E-state index is -2.84. The number of hydrogen-bond acceptors (Lipinski definition) is 2. The summed E-state index contributed by atoms with van der Waals surface area (Å²) >= 11 is 9.47. The van der Waals surface area contributed by atoms with Crippen LogP contribution in [0.1, 0.15) is 25.3 Å². The van der Waals surface area contributed by atoms with Gasteiger partial charge in [-0.3, -0.25) is 0 Å². The smallest absolute Gasteiger partial charge is 0.150 e. The van der Waals surface area contributed by atoms with Gasteiger partial charge in [0.2, 0.25) is 0 Å². The summed E-state index contributed by atoms with van der Waals surface area (Å²) in [7, 11) is -2.84. The third-order valence-electron chi connectivity index (χ3n) is 3.14. The Kier molecular flexibility index (Phi) is 7.40. The molecule has 0 saturated heterocycles. The molecule has 1 atom stereocenters. The Hall–Kier alpha value is -0.0600. The Morgan fingerprint density at radius 1 is 1.37 bits per heavy atom. The minimum Gasteiger partial charge on any atom is -0.229 e. The summed E-state index contributed by atoms with van der Waals surface area (Å²) < 4.78 is 22.9. The molecule has 0 saturated carbocycles. The van der Waals surface area contributed by atoms with Crippen molar-refractivity contribution >= 4 is 37.4 Å². The minimum absolute atomic E-state index is 0.236. The van der Waals surface area contributed by atoms with Gasteiger partial charge in [0.1, 0.15) is 9.84 Å². The van der Waals surface area contributed by atoms with Crippen LogP contribution in [0.25, 0.3) is 0 Å². The van der Waals surface area contributed by atoms with Crippen molar-refractivity contribution in [2.24, 2.45) is 5.92 Å². The van der Waals surface area contributed by atoms with Crippen LogP contribution in [0.15, 0.2) is 24.3 Å². The Bertz CT molecular complexity index is 488. The fourth-order valence-electron chi connectivity index (χ4n) is 1.97. The predicted octanol–water partition coefficient (Wildman–Crippen LogP) is 4.11. The molecule has 0 heterocycles. The van der Waals surface area contributed by atoms with Crippen molar-refractivity contribution in [1.29, 1.82) is 0 Å². The molecular weight excluding hydrogens is 348 g/mol. The first-order valence-electron chi connectivity index (χ1n) is 6.47. The number of alkyl halides is 1. The fraction of sp³-hybridized carbons (Fsp3) is 0.571. The lowest BCUT2D eigenvalue weighted by atomic mass is 9.97. The van der Waals surface area contributed by atoms with E-state index in [-0.39, 0.29) is 5.75 Å². The Balaban J connectivity index is 2.46. The molecule has 0 N–H and O–H groups in total. The highest BCUT2D eigenvalue weighted by molar-refractivity contribution is 9.09. The second-order valence-electron chi connectivity index (χ2n) is 4.73. The molecule has 1 rings (SSSR count). The maximum Gasteiger partial charge on any atom is 0.150 e. The molecule has 0 fully saturated rings. The second kappa shape index (κ2) is 8.28. The second-order valence-corrected chi connectivity index (χ2v) is 8.29. The zero-order chi connectivity index (χ0) is 14.3. The maximum absolute atomic E-state index is 11.4. The first kappa shape index (κ1) is 17.0. The van der Waals surface area contributed by atoms with E-state index >= 15 is 0 Å². The van der Waals surface area contributed by atoms with Crippen LogP contribution in [0.4, 0.5) is 0 Å². The fourth-order valence-corrected chi connectivity index (χ4v) is 3.63. The molecule has 108 valence electrons. The monoisotopic (exact) mass is 366 g/mol. The van der Waals surface area contributed by atoms with Crippen LogP contribution in [-0.4, -0.2) is 25.3 Å². The quantitative estimate of drug-likeness (QED) is 0.648. The van der Waals surface area contributed by atoms with Gasteiger partial charge in [-0.1, -0.05) is 46.6 Å². The van der Waals surface area contributed by atoms with Crippen LogP contribution in [0.3, 0.4) is 0 Å². The lowest BCUT2D eigenvalue weighted by Gasteiger charge is -2.14. The van der Waals surface area contributed by atoms with Crippen LogP contribution in [0, 0.1) is 5.92 Å². The van der Waals surface area contributed by atoms with Crippen molar-refractivity contribution in [3.8, 4) is 0 Å². The first-order chi connectivity index (χ1) is 8.96. The van der Waals surface area contributed by atoms with Gasteiger partial charge in [-0.25, -0.2) is 8.42 Å². The summed E-state index contributed by atoms with van der Waals surface area (Å²) in [6, 6.07) is 7.84. The average Bonchev–Trinajstić information content (AvgIpc) is 2.37. The molecule has 0 radical (unpaired) electrons. The summed E-state index contributed by atoms with van der Waals surface area (Å²) in [4.78, 5) is 0. The van der Waals surface area contributed by atoms with Crippen LogP contribution in [0.2, 0.25) is 5.02 Å². The lowest BCUT2D eigenvalue weighted by Crippen LogP contribution is -2.12. The topological polar surface area (TPSA) is 34.1 Å². The normalized spacial score (nSPS) is 13.4. The number of rotatable bonds is 8. The molecule has 0 bridgehead atoms. The van der Waals surface area contributed by atoms with E-state index in [0.29, 0.717) is 11.7 Å². The van der Waals surface area contributed by atoms with Crippen molar-refractivity contribution in [1.82, 2.24) is 0 Å². The van der Waals surface area contributed by atoms with E-state index in [1.807, 2.05) is 18.2 Å². The highest BCUT2D eigenvalue weighted by atomic mass is 79.9. The Morgan fingerprint density at radius 3 is 2.68 bits per heavy atom. The summed E-state index contributed by atoms with van der Waals surface area (Å²) in [6.07, 6.45) is 2.57. The van der Waals surface area contributed by atoms with Gasteiger partial charge >= 0.3 is 0 Å². The lowest BCUT2D eigenvalue weighted by molar-refractivity contribution is 0.528. The average molecular weight is 368 g/mol. The molecule has 1 unspecified atom stereocenters. The summed E-state index contributed by atoms with van der Waals surface area (Å²) in [5.41, 5.74) is 1.20. The maximum atomic E-state index is 11.4. The van der Waals surface area contributed by atoms with Gasteiger partial charge in [0, 0.05) is 16.1 Å². The first-order valence-corrected chi connectivity index (χ1v) is 9.79. The third kappa shape index (κ3) is 6.77. The largest absolute Gasteiger partial charge is 0.229 e. The van der Waals surface area contributed by atoms with Crippen LogP contribution in [0.5, 0.6) is 0 Å². The van der Waals surface area contributed by atoms with Crippen molar-refractivity contribution in [2.45, 2.75) is 26.2 Å². The van der Waals surface area contributed by atoms with Crippen molar-refractivity contribution < 1.29 is 8.42 Å². The molecule has 2 nitrogen and oxygen atoms in total. The number of hydrogen-bond donors (Lipinski definition) is 0. The van der Waals surface area contributed by atoms with E-state index in [0.717, 1.165) is 29.6 Å². The predicted molar refractivity (Wildman–Crippen MR) is 86.0 cm³/mol. The molecule has 0 aliphatic rings.